The normalized spacial score (nSPS) is 13.7. The number of likely N-dealkylation sites (N-methyl/N-ethyl adjacent to an activating group) is 1. The quantitative estimate of drug-likeness (QED) is 0.0951. The van der Waals surface area contributed by atoms with Crippen LogP contribution >= 0.6 is 11.3 Å². The third kappa shape index (κ3) is 14.4. The number of aryl methyl sites for hydroxylation is 4. The molecule has 5 aromatic heterocycles. The number of benzene rings is 3. The van der Waals surface area contributed by atoms with E-state index in [0.29, 0.717) is 47.7 Å². The van der Waals surface area contributed by atoms with E-state index < -0.39 is 0 Å². The van der Waals surface area contributed by atoms with Crippen LogP contribution in [0.25, 0.3) is 28.0 Å². The Labute approximate surface area is 480 Å². The molecule has 81 heavy (non-hydrogen) atoms. The third-order valence-electron chi connectivity index (χ3n) is 15.3. The van der Waals surface area contributed by atoms with Crippen molar-refractivity contribution in [2.75, 3.05) is 50.5 Å². The van der Waals surface area contributed by atoms with Gasteiger partial charge >= 0.3 is 0 Å². The summed E-state index contributed by atoms with van der Waals surface area (Å²) in [6.07, 6.45) is 10.3. The van der Waals surface area contributed by atoms with Crippen molar-refractivity contribution < 1.29 is 9.53 Å². The lowest BCUT2D eigenvalue weighted by atomic mass is 9.86. The Morgan fingerprint density at radius 3 is 1.78 bits per heavy atom. The summed E-state index contributed by atoms with van der Waals surface area (Å²) in [4.78, 5) is 46.6. The molecular formula is C66H76N10O4S. The van der Waals surface area contributed by atoms with Gasteiger partial charge in [0.25, 0.3) is 17.0 Å². The van der Waals surface area contributed by atoms with Gasteiger partial charge in [0.2, 0.25) is 5.88 Å². The van der Waals surface area contributed by atoms with Gasteiger partial charge in [0.05, 0.1) is 28.6 Å². The van der Waals surface area contributed by atoms with Gasteiger partial charge < -0.3 is 29.4 Å². The summed E-state index contributed by atoms with van der Waals surface area (Å²) in [6.45, 7) is 22.6. The molecule has 1 saturated heterocycles. The molecule has 14 nitrogen and oxygen atoms in total. The third-order valence-corrected chi connectivity index (χ3v) is 16.6. The molecule has 0 saturated carbocycles. The van der Waals surface area contributed by atoms with E-state index in [4.69, 9.17) is 4.74 Å². The van der Waals surface area contributed by atoms with Gasteiger partial charge in [0, 0.05) is 117 Å². The number of thiophene rings is 1. The molecule has 2 N–H and O–H groups in total. The number of piperazine rings is 1. The first-order chi connectivity index (χ1) is 38.9. The van der Waals surface area contributed by atoms with Crippen LogP contribution < -0.4 is 26.5 Å². The van der Waals surface area contributed by atoms with Crippen molar-refractivity contribution in [2.24, 2.45) is 14.1 Å². The first-order valence-electron chi connectivity index (χ1n) is 28.2. The summed E-state index contributed by atoms with van der Waals surface area (Å²) in [7, 11) is 5.72. The topological polar surface area (TPSA) is 152 Å². The lowest BCUT2D eigenvalue weighted by Crippen LogP contribution is -2.44. The fourth-order valence-corrected chi connectivity index (χ4v) is 11.6. The van der Waals surface area contributed by atoms with Crippen molar-refractivity contribution in [2.45, 2.75) is 98.4 Å². The number of nitrogens with zero attached hydrogens (tertiary/aromatic N) is 8. The van der Waals surface area contributed by atoms with Crippen LogP contribution in [0, 0.1) is 13.8 Å². The largest absolute Gasteiger partial charge is 0.477 e. The molecule has 0 spiro atoms. The molecule has 1 aliphatic heterocycles. The summed E-state index contributed by atoms with van der Waals surface area (Å²) in [6, 6.07) is 33.7. The van der Waals surface area contributed by atoms with Crippen LogP contribution in [0.1, 0.15) is 118 Å². The first-order valence-corrected chi connectivity index (χ1v) is 29.0. The summed E-state index contributed by atoms with van der Waals surface area (Å²) in [5.41, 5.74) is 15.6. The molecule has 1 aliphatic carbocycles. The van der Waals surface area contributed by atoms with Crippen LogP contribution in [0.5, 0.6) is 5.88 Å². The van der Waals surface area contributed by atoms with Crippen molar-refractivity contribution in [1.82, 2.24) is 39.3 Å². The molecule has 15 heteroatoms. The highest BCUT2D eigenvalue weighted by atomic mass is 32.1. The average Bonchev–Trinajstić information content (AvgIpc) is 3.92. The van der Waals surface area contributed by atoms with Crippen LogP contribution in [0.3, 0.4) is 0 Å². The smallest absolute Gasteiger partial charge is 0.255 e. The van der Waals surface area contributed by atoms with Crippen molar-refractivity contribution >= 4 is 34.3 Å². The highest BCUT2D eigenvalue weighted by Gasteiger charge is 2.20. The number of carbonyl (C=O) groups excluding carboxylic acids is 1. The van der Waals surface area contributed by atoms with Gasteiger partial charge in [-0.25, -0.2) is 0 Å². The SMILES string of the molecule is C=C(Nc1cccc(-c2cc(Cc3ccc(CN4CCN(C)CC4)nn3)c(=O)n(C)c2)c1C)c1cc2c(s1)CCCC2.CCCOc1ccc(Cc2cc(-c3cccc(NC(=O)c4ccc(C(C)(C)C)cc4)c3C)cn(C)c2=O)nn1. The summed E-state index contributed by atoms with van der Waals surface area (Å²) in [5, 5.41) is 24.0. The van der Waals surface area contributed by atoms with Crippen LogP contribution in [0.2, 0.25) is 0 Å². The number of anilines is 2. The summed E-state index contributed by atoms with van der Waals surface area (Å²) < 4.78 is 8.77. The first kappa shape index (κ1) is 57.8. The molecule has 0 bridgehead atoms. The van der Waals surface area contributed by atoms with Crippen molar-refractivity contribution in [3.05, 3.63) is 209 Å². The number of aromatic nitrogens is 6. The molecule has 0 unspecified atom stereocenters. The Bertz CT molecular complexity index is 3620. The minimum atomic E-state index is -0.165. The molecule has 10 rings (SSSR count). The molecule has 3 aromatic carbocycles. The van der Waals surface area contributed by atoms with Crippen molar-refractivity contribution in [1.29, 1.82) is 0 Å². The zero-order chi connectivity index (χ0) is 57.4. The Morgan fingerprint density at radius 2 is 1.23 bits per heavy atom. The summed E-state index contributed by atoms with van der Waals surface area (Å²) >= 11 is 1.87. The van der Waals surface area contributed by atoms with Gasteiger partial charge in [-0.05, 0) is 164 Å². The van der Waals surface area contributed by atoms with E-state index >= 15 is 0 Å². The van der Waals surface area contributed by atoms with Crippen LogP contribution in [0.15, 0.2) is 132 Å². The van der Waals surface area contributed by atoms with Gasteiger partial charge in [-0.1, -0.05) is 70.7 Å². The Morgan fingerprint density at radius 1 is 0.679 bits per heavy atom. The van der Waals surface area contributed by atoms with E-state index in [1.54, 1.807) is 22.2 Å². The van der Waals surface area contributed by atoms with Gasteiger partial charge in [0.15, 0.2) is 0 Å². The molecule has 1 amide bonds. The number of amides is 1. The number of fused-ring (bicyclic) bond motifs is 1. The second kappa shape index (κ2) is 25.7. The second-order valence-corrected chi connectivity index (χ2v) is 23.7. The lowest BCUT2D eigenvalue weighted by Gasteiger charge is -2.31. The monoisotopic (exact) mass is 1100 g/mol. The molecule has 8 aromatic rings. The van der Waals surface area contributed by atoms with Crippen molar-refractivity contribution in [3.8, 4) is 28.1 Å². The molecule has 2 aliphatic rings. The van der Waals surface area contributed by atoms with Crippen molar-refractivity contribution in [3.63, 3.8) is 0 Å². The highest BCUT2D eigenvalue weighted by Crippen LogP contribution is 2.36. The van der Waals surface area contributed by atoms with E-state index in [0.717, 1.165) is 101 Å². The van der Waals surface area contributed by atoms with Gasteiger partial charge in [-0.3, -0.25) is 19.3 Å². The number of ether oxygens (including phenoxy) is 1. The standard InChI is InChI=1S/C34H40N6OS.C32H36N4O3/c1-23-30(9-7-10-31(23)35-24(2)33-20-25-8-5-6-11-32(25)42-33)27-18-26(34(41)39(4)21-27)19-28-12-13-29(37-36-28)22-40-16-14-38(3)15-17-40;1-7-17-39-29-16-15-26(34-35-29)19-23-18-24(20-36(6)31(23)38)27-9-8-10-28(21(27)2)33-30(37)22-11-13-25(14-12-22)32(3,4)5/h7,9-10,12-13,18,20-21,35H,2,5-6,8,11,14-17,19,22H2,1,3-4H3;8-16,18,20H,7,17,19H2,1-6H3,(H,33,37). The zero-order valence-electron chi connectivity index (χ0n) is 48.5. The summed E-state index contributed by atoms with van der Waals surface area (Å²) in [5.74, 6) is 0.309. The maximum atomic E-state index is 13.1. The fraction of sp³-hybridized carbons (Fsp3) is 0.348. The number of pyridine rings is 2. The van der Waals surface area contributed by atoms with Gasteiger partial charge in [-0.2, -0.15) is 15.3 Å². The van der Waals surface area contributed by atoms with Gasteiger partial charge in [0.1, 0.15) is 0 Å². The number of hydrogen-bond donors (Lipinski definition) is 2. The molecule has 0 atom stereocenters. The number of carbonyl (C=O) groups is 1. The minimum Gasteiger partial charge on any atom is -0.477 e. The lowest BCUT2D eigenvalue weighted by molar-refractivity contribution is 0.102. The Balaban J connectivity index is 0.000000196. The van der Waals surface area contributed by atoms with Crippen LogP contribution in [-0.2, 0) is 51.7 Å². The van der Waals surface area contributed by atoms with Crippen LogP contribution in [0.4, 0.5) is 11.4 Å². The van der Waals surface area contributed by atoms with Gasteiger partial charge in [-0.15, -0.1) is 16.4 Å². The van der Waals surface area contributed by atoms with E-state index in [1.807, 2.05) is 117 Å². The van der Waals surface area contributed by atoms with Crippen LogP contribution in [-0.4, -0.2) is 85.1 Å². The number of hydrogen-bond acceptors (Lipinski definition) is 12. The fourth-order valence-electron chi connectivity index (χ4n) is 10.4. The Kier molecular flexibility index (Phi) is 18.4. The van der Waals surface area contributed by atoms with E-state index in [9.17, 15) is 14.4 Å². The Hall–Kier alpha value is -7.85. The minimum absolute atomic E-state index is 0.0102. The highest BCUT2D eigenvalue weighted by molar-refractivity contribution is 7.13. The molecule has 1 fully saturated rings. The second-order valence-electron chi connectivity index (χ2n) is 22.6. The number of rotatable bonds is 16. The maximum absolute atomic E-state index is 13.1. The maximum Gasteiger partial charge on any atom is 0.255 e. The average molecular weight is 1110 g/mol. The molecule has 6 heterocycles. The molecule has 420 valence electrons. The number of nitrogens with one attached hydrogen (secondary N) is 2. The van der Waals surface area contributed by atoms with E-state index in [1.165, 1.54) is 46.6 Å². The predicted molar refractivity (Wildman–Crippen MR) is 329 cm³/mol. The molecule has 0 radical (unpaired) electrons. The predicted octanol–water partition coefficient (Wildman–Crippen LogP) is 11.6. The van der Waals surface area contributed by atoms with E-state index in [2.05, 4.69) is 106 Å². The zero-order valence-corrected chi connectivity index (χ0v) is 49.3. The molecular weight excluding hydrogens is 1030 g/mol. The van der Waals surface area contributed by atoms with E-state index in [-0.39, 0.29) is 22.4 Å².